The summed E-state index contributed by atoms with van der Waals surface area (Å²) in [6.45, 7) is 2.43. The van der Waals surface area contributed by atoms with E-state index in [1.807, 2.05) is 6.92 Å². The second-order valence-electron chi connectivity index (χ2n) is 5.92. The molecule has 1 heterocycles. The van der Waals surface area contributed by atoms with Crippen LogP contribution < -0.4 is 15.0 Å². The number of carbonyl (C=O) groups is 2. The third-order valence-electron chi connectivity index (χ3n) is 4.14. The molecule has 0 unspecified atom stereocenters. The lowest BCUT2D eigenvalue weighted by Gasteiger charge is -2.20. The molecule has 2 aromatic rings. The number of para-hydroxylation sites is 2. The summed E-state index contributed by atoms with van der Waals surface area (Å²) in [6.07, 6.45) is -0.0107. The van der Waals surface area contributed by atoms with Crippen LogP contribution in [0.2, 0.25) is 0 Å². The molecule has 0 aromatic heterocycles. The van der Waals surface area contributed by atoms with Crippen molar-refractivity contribution in [1.82, 2.24) is 0 Å². The molecule has 1 saturated heterocycles. The smallest absolute Gasteiger partial charge is 0.229 e. The number of benzene rings is 2. The second-order valence-corrected chi connectivity index (χ2v) is 5.92. The zero-order valence-corrected chi connectivity index (χ0v) is 14.2. The molecule has 2 amide bonds. The van der Waals surface area contributed by atoms with Crippen LogP contribution in [0.3, 0.4) is 0 Å². The lowest BCUT2D eigenvalue weighted by atomic mass is 10.1. The van der Waals surface area contributed by atoms with Gasteiger partial charge in [0.2, 0.25) is 11.8 Å². The Hall–Kier alpha value is -2.96. The van der Waals surface area contributed by atoms with E-state index in [0.29, 0.717) is 18.0 Å². The van der Waals surface area contributed by atoms with E-state index in [0.717, 1.165) is 18.2 Å². The number of hydrogen-bond acceptors (Lipinski definition) is 3. The number of hydrogen-bond donors (Lipinski definition) is 1. The van der Waals surface area contributed by atoms with E-state index in [9.17, 15) is 18.4 Å². The van der Waals surface area contributed by atoms with Crippen molar-refractivity contribution in [2.75, 3.05) is 23.4 Å². The van der Waals surface area contributed by atoms with Crippen LogP contribution in [0.5, 0.6) is 5.75 Å². The first-order chi connectivity index (χ1) is 12.5. The van der Waals surface area contributed by atoms with Crippen molar-refractivity contribution >= 4 is 23.2 Å². The van der Waals surface area contributed by atoms with Crippen LogP contribution in [0.1, 0.15) is 13.3 Å². The molecule has 1 aliphatic heterocycles. The van der Waals surface area contributed by atoms with Gasteiger partial charge in [0, 0.05) is 19.0 Å². The number of nitrogens with one attached hydrogen (secondary N) is 1. The highest BCUT2D eigenvalue weighted by atomic mass is 19.1. The average Bonchev–Trinajstić information content (AvgIpc) is 3.01. The average molecular weight is 360 g/mol. The highest BCUT2D eigenvalue weighted by Crippen LogP contribution is 2.33. The van der Waals surface area contributed by atoms with Gasteiger partial charge in [-0.25, -0.2) is 8.78 Å². The van der Waals surface area contributed by atoms with Crippen LogP contribution in [-0.4, -0.2) is 25.0 Å². The number of ether oxygens (including phenoxy) is 1. The van der Waals surface area contributed by atoms with Gasteiger partial charge in [-0.3, -0.25) is 9.59 Å². The third-order valence-corrected chi connectivity index (χ3v) is 4.14. The predicted molar refractivity (Wildman–Crippen MR) is 93.1 cm³/mol. The van der Waals surface area contributed by atoms with Gasteiger partial charge in [0.15, 0.2) is 0 Å². The van der Waals surface area contributed by atoms with E-state index in [4.69, 9.17) is 4.74 Å². The standard InChI is InChI=1S/C19H18F2N2O3/c1-2-26-17-6-4-3-5-16(17)23-11-12(9-18(23)24)19(25)22-15-10-13(20)7-8-14(15)21/h3-8,10,12H,2,9,11H2,1H3,(H,22,25)/t12-/m1/s1. The van der Waals surface area contributed by atoms with Crippen molar-refractivity contribution in [3.63, 3.8) is 0 Å². The Kier molecular flexibility index (Phi) is 5.16. The number of anilines is 2. The highest BCUT2D eigenvalue weighted by molar-refractivity contribution is 6.04. The molecular weight excluding hydrogens is 342 g/mol. The number of carbonyl (C=O) groups excluding carboxylic acids is 2. The molecule has 0 aliphatic carbocycles. The van der Waals surface area contributed by atoms with Gasteiger partial charge in [-0.1, -0.05) is 12.1 Å². The fourth-order valence-corrected chi connectivity index (χ4v) is 2.90. The van der Waals surface area contributed by atoms with Crippen molar-refractivity contribution in [2.24, 2.45) is 5.92 Å². The first-order valence-electron chi connectivity index (χ1n) is 8.27. The molecule has 1 fully saturated rings. The largest absolute Gasteiger partial charge is 0.492 e. The van der Waals surface area contributed by atoms with Gasteiger partial charge >= 0.3 is 0 Å². The summed E-state index contributed by atoms with van der Waals surface area (Å²) < 4.78 is 32.5. The normalized spacial score (nSPS) is 16.7. The Bertz CT molecular complexity index is 841. The minimum absolute atomic E-state index is 0.0107. The Morgan fingerprint density at radius 3 is 2.81 bits per heavy atom. The van der Waals surface area contributed by atoms with Crippen molar-refractivity contribution < 1.29 is 23.1 Å². The van der Waals surface area contributed by atoms with E-state index < -0.39 is 23.5 Å². The first kappa shape index (κ1) is 17.8. The van der Waals surface area contributed by atoms with Crippen molar-refractivity contribution in [3.8, 4) is 5.75 Å². The van der Waals surface area contributed by atoms with Crippen molar-refractivity contribution in [1.29, 1.82) is 0 Å². The summed E-state index contributed by atoms with van der Waals surface area (Å²) in [5.74, 6) is -2.25. The molecular formula is C19H18F2N2O3. The van der Waals surface area contributed by atoms with Crippen molar-refractivity contribution in [2.45, 2.75) is 13.3 Å². The minimum atomic E-state index is -0.734. The summed E-state index contributed by atoms with van der Waals surface area (Å²) in [6, 6.07) is 9.89. The molecule has 1 aliphatic rings. The number of rotatable bonds is 5. The maximum atomic E-state index is 13.7. The fourth-order valence-electron chi connectivity index (χ4n) is 2.90. The Labute approximate surface area is 149 Å². The monoisotopic (exact) mass is 360 g/mol. The minimum Gasteiger partial charge on any atom is -0.492 e. The van der Waals surface area contributed by atoms with Crippen LogP contribution in [0.15, 0.2) is 42.5 Å². The Morgan fingerprint density at radius 1 is 1.27 bits per heavy atom. The molecule has 2 aromatic carbocycles. The zero-order valence-electron chi connectivity index (χ0n) is 14.2. The molecule has 0 bridgehead atoms. The van der Waals surface area contributed by atoms with Crippen molar-refractivity contribution in [3.05, 3.63) is 54.1 Å². The molecule has 7 heteroatoms. The number of nitrogens with zero attached hydrogens (tertiary/aromatic N) is 1. The van der Waals surface area contributed by atoms with Gasteiger partial charge in [0.1, 0.15) is 17.4 Å². The van der Waals surface area contributed by atoms with Crippen LogP contribution in [0.25, 0.3) is 0 Å². The zero-order chi connectivity index (χ0) is 18.7. The molecule has 5 nitrogen and oxygen atoms in total. The quantitative estimate of drug-likeness (QED) is 0.890. The topological polar surface area (TPSA) is 58.6 Å². The van der Waals surface area contributed by atoms with Crippen LogP contribution in [0.4, 0.5) is 20.2 Å². The van der Waals surface area contributed by atoms with Gasteiger partial charge in [-0.2, -0.15) is 0 Å². The maximum Gasteiger partial charge on any atom is 0.229 e. The molecule has 3 rings (SSSR count). The molecule has 1 atom stereocenters. The molecule has 26 heavy (non-hydrogen) atoms. The van der Waals surface area contributed by atoms with E-state index >= 15 is 0 Å². The van der Waals surface area contributed by atoms with E-state index in [2.05, 4.69) is 5.32 Å². The number of amides is 2. The van der Waals surface area contributed by atoms with Gasteiger partial charge in [0.05, 0.1) is 23.9 Å². The molecule has 136 valence electrons. The van der Waals surface area contributed by atoms with Crippen LogP contribution in [-0.2, 0) is 9.59 Å². The SMILES string of the molecule is CCOc1ccccc1N1C[C@H](C(=O)Nc2cc(F)ccc2F)CC1=O. The van der Waals surface area contributed by atoms with E-state index in [1.165, 1.54) is 4.90 Å². The Balaban J connectivity index is 1.75. The van der Waals surface area contributed by atoms with Crippen LogP contribution >= 0.6 is 0 Å². The second kappa shape index (κ2) is 7.51. The van der Waals surface area contributed by atoms with Gasteiger partial charge in [-0.05, 0) is 31.2 Å². The molecule has 1 N–H and O–H groups in total. The molecule has 0 saturated carbocycles. The molecule has 0 spiro atoms. The van der Waals surface area contributed by atoms with E-state index in [1.54, 1.807) is 24.3 Å². The van der Waals surface area contributed by atoms with Crippen LogP contribution in [0, 0.1) is 17.6 Å². The fraction of sp³-hybridized carbons (Fsp3) is 0.263. The maximum absolute atomic E-state index is 13.7. The van der Waals surface area contributed by atoms with Gasteiger partial charge in [0.25, 0.3) is 0 Å². The summed E-state index contributed by atoms with van der Waals surface area (Å²) in [5, 5.41) is 2.36. The molecule has 0 radical (unpaired) electrons. The summed E-state index contributed by atoms with van der Waals surface area (Å²) in [5.41, 5.74) is 0.349. The third kappa shape index (κ3) is 3.66. The van der Waals surface area contributed by atoms with Gasteiger partial charge < -0.3 is 15.0 Å². The summed E-state index contributed by atoms with van der Waals surface area (Å²) in [4.78, 5) is 26.3. The lowest BCUT2D eigenvalue weighted by molar-refractivity contribution is -0.122. The predicted octanol–water partition coefficient (Wildman–Crippen LogP) is 3.36. The first-order valence-corrected chi connectivity index (χ1v) is 8.27. The highest BCUT2D eigenvalue weighted by Gasteiger charge is 2.36. The van der Waals surface area contributed by atoms with E-state index in [-0.39, 0.29) is 24.6 Å². The summed E-state index contributed by atoms with van der Waals surface area (Å²) >= 11 is 0. The lowest BCUT2D eigenvalue weighted by Crippen LogP contribution is -2.28. The Morgan fingerprint density at radius 2 is 2.04 bits per heavy atom. The number of halogens is 2. The van der Waals surface area contributed by atoms with Gasteiger partial charge in [-0.15, -0.1) is 0 Å². The summed E-state index contributed by atoms with van der Waals surface area (Å²) in [7, 11) is 0.